The van der Waals surface area contributed by atoms with Crippen molar-refractivity contribution >= 4 is 0 Å². The maximum absolute atomic E-state index is 9.33. The molecule has 0 amide bonds. The minimum Gasteiger partial charge on any atom is -0.392 e. The highest BCUT2D eigenvalue weighted by Crippen LogP contribution is 2.09. The summed E-state index contributed by atoms with van der Waals surface area (Å²) in [5.74, 6) is 0. The van der Waals surface area contributed by atoms with Crippen molar-refractivity contribution in [3.05, 3.63) is 30.1 Å². The van der Waals surface area contributed by atoms with Gasteiger partial charge in [0, 0.05) is 18.3 Å². The van der Waals surface area contributed by atoms with Crippen LogP contribution in [-0.2, 0) is 0 Å². The Morgan fingerprint density at radius 3 is 2.50 bits per heavy atom. The molecule has 0 saturated carbocycles. The molecular weight excluding hydrogens is 176 g/mol. The van der Waals surface area contributed by atoms with Crippen LogP contribution < -0.4 is 5.32 Å². The van der Waals surface area contributed by atoms with E-state index in [1.54, 1.807) is 13.1 Å². The second kappa shape index (κ2) is 5.08. The lowest BCUT2D eigenvalue weighted by molar-refractivity contribution is 0.147. The SMILES string of the molecule is CC(NC(C)C(C)O)c1ccccn1. The second-order valence-electron chi connectivity index (χ2n) is 3.67. The fourth-order valence-corrected chi connectivity index (χ4v) is 1.25. The van der Waals surface area contributed by atoms with E-state index in [0.29, 0.717) is 0 Å². The first kappa shape index (κ1) is 11.1. The molecule has 0 saturated heterocycles. The molecule has 0 aromatic carbocycles. The van der Waals surface area contributed by atoms with Crippen molar-refractivity contribution in [1.82, 2.24) is 10.3 Å². The molecule has 0 bridgehead atoms. The topological polar surface area (TPSA) is 45.1 Å². The van der Waals surface area contributed by atoms with Crippen molar-refractivity contribution < 1.29 is 5.11 Å². The standard InChI is InChI=1S/C11H18N2O/c1-8(10(3)14)13-9(2)11-6-4-5-7-12-11/h4-10,13-14H,1-3H3. The van der Waals surface area contributed by atoms with Crippen LogP contribution in [-0.4, -0.2) is 22.2 Å². The molecule has 3 nitrogen and oxygen atoms in total. The number of hydrogen-bond acceptors (Lipinski definition) is 3. The molecule has 3 unspecified atom stereocenters. The van der Waals surface area contributed by atoms with E-state index in [1.807, 2.05) is 32.0 Å². The first-order valence-corrected chi connectivity index (χ1v) is 4.96. The van der Waals surface area contributed by atoms with Crippen molar-refractivity contribution in [3.63, 3.8) is 0 Å². The van der Waals surface area contributed by atoms with Gasteiger partial charge in [-0.25, -0.2) is 0 Å². The molecule has 1 heterocycles. The molecule has 0 fully saturated rings. The largest absolute Gasteiger partial charge is 0.392 e. The van der Waals surface area contributed by atoms with Crippen molar-refractivity contribution in [2.45, 2.75) is 39.0 Å². The van der Waals surface area contributed by atoms with Gasteiger partial charge in [0.25, 0.3) is 0 Å². The monoisotopic (exact) mass is 194 g/mol. The van der Waals surface area contributed by atoms with Crippen LogP contribution in [0.5, 0.6) is 0 Å². The fourth-order valence-electron chi connectivity index (χ4n) is 1.25. The summed E-state index contributed by atoms with van der Waals surface area (Å²) in [5, 5.41) is 12.6. The Kier molecular flexibility index (Phi) is 4.04. The van der Waals surface area contributed by atoms with Crippen LogP contribution in [0.4, 0.5) is 0 Å². The van der Waals surface area contributed by atoms with E-state index in [4.69, 9.17) is 0 Å². The number of nitrogens with zero attached hydrogens (tertiary/aromatic N) is 1. The van der Waals surface area contributed by atoms with Crippen LogP contribution in [0.15, 0.2) is 24.4 Å². The number of aliphatic hydroxyl groups is 1. The minimum atomic E-state index is -0.346. The lowest BCUT2D eigenvalue weighted by atomic mass is 10.1. The Morgan fingerprint density at radius 2 is 2.00 bits per heavy atom. The zero-order valence-corrected chi connectivity index (χ0v) is 8.94. The molecule has 0 spiro atoms. The Bertz CT molecular complexity index is 261. The Morgan fingerprint density at radius 1 is 1.29 bits per heavy atom. The molecule has 1 aromatic rings. The highest BCUT2D eigenvalue weighted by atomic mass is 16.3. The first-order chi connectivity index (χ1) is 6.61. The van der Waals surface area contributed by atoms with Gasteiger partial charge in [0.05, 0.1) is 11.8 Å². The first-order valence-electron chi connectivity index (χ1n) is 4.96. The summed E-state index contributed by atoms with van der Waals surface area (Å²) in [6.45, 7) is 5.79. The van der Waals surface area contributed by atoms with E-state index in [-0.39, 0.29) is 18.2 Å². The molecule has 3 atom stereocenters. The molecule has 0 aliphatic heterocycles. The average Bonchev–Trinajstić information content (AvgIpc) is 2.19. The number of aliphatic hydroxyl groups excluding tert-OH is 1. The summed E-state index contributed by atoms with van der Waals surface area (Å²) in [7, 11) is 0. The zero-order valence-electron chi connectivity index (χ0n) is 8.94. The lowest BCUT2D eigenvalue weighted by Crippen LogP contribution is -2.37. The summed E-state index contributed by atoms with van der Waals surface area (Å²) in [6, 6.07) is 6.08. The molecule has 0 aliphatic rings. The molecule has 0 aliphatic carbocycles. The Labute approximate surface area is 85.2 Å². The lowest BCUT2D eigenvalue weighted by Gasteiger charge is -2.21. The summed E-state index contributed by atoms with van der Waals surface area (Å²) in [5.41, 5.74) is 1.00. The van der Waals surface area contributed by atoms with Crippen molar-refractivity contribution in [2.75, 3.05) is 0 Å². The van der Waals surface area contributed by atoms with Crippen LogP contribution in [0, 0.1) is 0 Å². The van der Waals surface area contributed by atoms with Gasteiger partial charge in [0.15, 0.2) is 0 Å². The van der Waals surface area contributed by atoms with Gasteiger partial charge in [0.1, 0.15) is 0 Å². The predicted molar refractivity (Wildman–Crippen MR) is 56.9 cm³/mol. The van der Waals surface area contributed by atoms with Gasteiger partial charge in [-0.3, -0.25) is 4.98 Å². The van der Waals surface area contributed by atoms with Crippen molar-refractivity contribution in [3.8, 4) is 0 Å². The van der Waals surface area contributed by atoms with E-state index in [0.717, 1.165) is 5.69 Å². The van der Waals surface area contributed by atoms with Gasteiger partial charge in [-0.1, -0.05) is 6.07 Å². The number of aromatic nitrogens is 1. The summed E-state index contributed by atoms with van der Waals surface area (Å²) < 4.78 is 0. The second-order valence-corrected chi connectivity index (χ2v) is 3.67. The highest BCUT2D eigenvalue weighted by molar-refractivity contribution is 5.07. The van der Waals surface area contributed by atoms with E-state index >= 15 is 0 Å². The maximum atomic E-state index is 9.33. The van der Waals surface area contributed by atoms with Crippen molar-refractivity contribution in [1.29, 1.82) is 0 Å². The van der Waals surface area contributed by atoms with E-state index in [2.05, 4.69) is 10.3 Å². The molecule has 14 heavy (non-hydrogen) atoms. The predicted octanol–water partition coefficient (Wildman–Crippen LogP) is 1.50. The van der Waals surface area contributed by atoms with Crippen LogP contribution in [0.25, 0.3) is 0 Å². The molecule has 3 heteroatoms. The van der Waals surface area contributed by atoms with Crippen LogP contribution in [0.2, 0.25) is 0 Å². The molecule has 2 N–H and O–H groups in total. The Balaban J connectivity index is 2.55. The quantitative estimate of drug-likeness (QED) is 0.763. The molecule has 78 valence electrons. The number of nitrogens with one attached hydrogen (secondary N) is 1. The number of pyridine rings is 1. The summed E-state index contributed by atoms with van der Waals surface area (Å²) in [6.07, 6.45) is 1.43. The molecular formula is C11H18N2O. The number of rotatable bonds is 4. The minimum absolute atomic E-state index is 0.0759. The van der Waals surface area contributed by atoms with E-state index in [9.17, 15) is 5.11 Å². The van der Waals surface area contributed by atoms with Crippen LogP contribution >= 0.6 is 0 Å². The van der Waals surface area contributed by atoms with E-state index in [1.165, 1.54) is 0 Å². The van der Waals surface area contributed by atoms with Gasteiger partial charge >= 0.3 is 0 Å². The Hall–Kier alpha value is -0.930. The molecule has 1 aromatic heterocycles. The maximum Gasteiger partial charge on any atom is 0.0662 e. The third-order valence-electron chi connectivity index (χ3n) is 2.37. The highest BCUT2D eigenvalue weighted by Gasteiger charge is 2.13. The summed E-state index contributed by atoms with van der Waals surface area (Å²) in [4.78, 5) is 4.25. The molecule has 0 radical (unpaired) electrons. The number of hydrogen-bond donors (Lipinski definition) is 2. The van der Waals surface area contributed by atoms with Gasteiger partial charge in [-0.05, 0) is 32.9 Å². The smallest absolute Gasteiger partial charge is 0.0662 e. The normalized spacial score (nSPS) is 17.4. The van der Waals surface area contributed by atoms with Crippen molar-refractivity contribution in [2.24, 2.45) is 0 Å². The summed E-state index contributed by atoms with van der Waals surface area (Å²) >= 11 is 0. The van der Waals surface area contributed by atoms with Gasteiger partial charge in [-0.2, -0.15) is 0 Å². The van der Waals surface area contributed by atoms with Gasteiger partial charge < -0.3 is 10.4 Å². The molecule has 1 rings (SSSR count). The third kappa shape index (κ3) is 3.09. The third-order valence-corrected chi connectivity index (χ3v) is 2.37. The zero-order chi connectivity index (χ0) is 10.6. The van der Waals surface area contributed by atoms with E-state index < -0.39 is 0 Å². The van der Waals surface area contributed by atoms with Gasteiger partial charge in [-0.15, -0.1) is 0 Å². The van der Waals surface area contributed by atoms with Gasteiger partial charge in [0.2, 0.25) is 0 Å². The van der Waals surface area contributed by atoms with Crippen LogP contribution in [0.3, 0.4) is 0 Å². The fraction of sp³-hybridized carbons (Fsp3) is 0.545. The van der Waals surface area contributed by atoms with Crippen LogP contribution in [0.1, 0.15) is 32.5 Å². The average molecular weight is 194 g/mol.